The molecule has 29 heavy (non-hydrogen) atoms. The summed E-state index contributed by atoms with van der Waals surface area (Å²) in [5, 5.41) is 8.68. The molecular formula is C21H39NO7. The Morgan fingerprint density at radius 3 is 1.79 bits per heavy atom. The average molecular weight is 418 g/mol. The number of ether oxygens (including phenoxy) is 2. The first kappa shape index (κ1) is 31.3. The van der Waals surface area contributed by atoms with Gasteiger partial charge in [0.15, 0.2) is 0 Å². The SMILES string of the molecule is C=CCOC(=O)CCN(CCC(=O)OC(C)(C)C)C(=O)CCC(=O)O.CC.CC. The van der Waals surface area contributed by atoms with E-state index in [9.17, 15) is 19.2 Å². The number of carboxylic acids is 1. The molecule has 1 N–H and O–H groups in total. The third-order valence-electron chi connectivity index (χ3n) is 2.86. The number of carboxylic acid groups (broad SMARTS) is 1. The highest BCUT2D eigenvalue weighted by Crippen LogP contribution is 2.09. The third kappa shape index (κ3) is 21.8. The highest BCUT2D eigenvalue weighted by atomic mass is 16.6. The molecule has 8 nitrogen and oxygen atoms in total. The van der Waals surface area contributed by atoms with Crippen molar-refractivity contribution in [3.63, 3.8) is 0 Å². The summed E-state index contributed by atoms with van der Waals surface area (Å²) in [4.78, 5) is 47.3. The molecule has 0 saturated carbocycles. The molecule has 0 atom stereocenters. The van der Waals surface area contributed by atoms with Gasteiger partial charge in [-0.05, 0) is 20.8 Å². The lowest BCUT2D eigenvalue weighted by atomic mass is 10.2. The highest BCUT2D eigenvalue weighted by molar-refractivity contribution is 5.81. The first-order valence-electron chi connectivity index (χ1n) is 10.0. The second-order valence-corrected chi connectivity index (χ2v) is 6.33. The van der Waals surface area contributed by atoms with Crippen LogP contribution >= 0.6 is 0 Å². The van der Waals surface area contributed by atoms with Gasteiger partial charge >= 0.3 is 17.9 Å². The van der Waals surface area contributed by atoms with E-state index in [2.05, 4.69) is 6.58 Å². The van der Waals surface area contributed by atoms with E-state index in [0.717, 1.165) is 0 Å². The monoisotopic (exact) mass is 417 g/mol. The van der Waals surface area contributed by atoms with Crippen LogP contribution in [0.3, 0.4) is 0 Å². The quantitative estimate of drug-likeness (QED) is 0.404. The Hall–Kier alpha value is -2.38. The number of carbonyl (C=O) groups is 4. The Bertz CT molecular complexity index is 496. The largest absolute Gasteiger partial charge is 0.481 e. The highest BCUT2D eigenvalue weighted by Gasteiger charge is 2.20. The minimum atomic E-state index is -1.09. The standard InChI is InChI=1S/C17H27NO7.2C2H6/c1-5-12-24-15(22)8-10-18(13(19)6-7-14(20)21)11-9-16(23)25-17(2,3)4;2*1-2/h5H,1,6-12H2,2-4H3,(H,20,21);2*1-2H3. The third-order valence-corrected chi connectivity index (χ3v) is 2.86. The summed E-state index contributed by atoms with van der Waals surface area (Å²) < 4.78 is 10.0. The fourth-order valence-corrected chi connectivity index (χ4v) is 1.80. The Morgan fingerprint density at radius 2 is 1.38 bits per heavy atom. The van der Waals surface area contributed by atoms with Crippen LogP contribution in [0.15, 0.2) is 12.7 Å². The second-order valence-electron chi connectivity index (χ2n) is 6.33. The molecule has 8 heteroatoms. The van der Waals surface area contributed by atoms with Gasteiger partial charge in [0.1, 0.15) is 12.2 Å². The summed E-state index contributed by atoms with van der Waals surface area (Å²) >= 11 is 0. The first-order valence-corrected chi connectivity index (χ1v) is 10.0. The summed E-state index contributed by atoms with van der Waals surface area (Å²) in [7, 11) is 0. The van der Waals surface area contributed by atoms with E-state index in [0.29, 0.717) is 0 Å². The van der Waals surface area contributed by atoms with Crippen LogP contribution in [0.2, 0.25) is 0 Å². The zero-order chi connectivity index (χ0) is 23.5. The molecule has 0 fully saturated rings. The number of esters is 2. The lowest BCUT2D eigenvalue weighted by Gasteiger charge is -2.24. The molecule has 0 unspecified atom stereocenters. The van der Waals surface area contributed by atoms with E-state index in [1.54, 1.807) is 20.8 Å². The molecule has 0 spiro atoms. The smallest absolute Gasteiger partial charge is 0.308 e. The van der Waals surface area contributed by atoms with Crippen LogP contribution in [0.4, 0.5) is 0 Å². The molecular weight excluding hydrogens is 378 g/mol. The summed E-state index contributed by atoms with van der Waals surface area (Å²) in [5.74, 6) is -2.51. The fourth-order valence-electron chi connectivity index (χ4n) is 1.80. The van der Waals surface area contributed by atoms with Gasteiger partial charge < -0.3 is 19.5 Å². The molecule has 1 amide bonds. The molecule has 0 aliphatic carbocycles. The van der Waals surface area contributed by atoms with Gasteiger partial charge in [-0.3, -0.25) is 19.2 Å². The van der Waals surface area contributed by atoms with Crippen molar-refractivity contribution in [1.82, 2.24) is 4.90 Å². The van der Waals surface area contributed by atoms with E-state index >= 15 is 0 Å². The van der Waals surface area contributed by atoms with Gasteiger partial charge in [-0.1, -0.05) is 40.3 Å². The fraction of sp³-hybridized carbons (Fsp3) is 0.714. The number of nitrogens with zero attached hydrogens (tertiary/aromatic N) is 1. The maximum Gasteiger partial charge on any atom is 0.308 e. The summed E-state index contributed by atoms with van der Waals surface area (Å²) in [6.07, 6.45) is 0.809. The lowest BCUT2D eigenvalue weighted by Crippen LogP contribution is -2.36. The normalized spacial score (nSPS) is 9.62. The molecule has 0 aromatic heterocycles. The Labute approximate surface area is 175 Å². The predicted molar refractivity (Wildman–Crippen MR) is 112 cm³/mol. The molecule has 0 heterocycles. The van der Waals surface area contributed by atoms with Crippen LogP contribution in [0, 0.1) is 0 Å². The topological polar surface area (TPSA) is 110 Å². The Balaban J connectivity index is -0.00000158. The summed E-state index contributed by atoms with van der Waals surface area (Å²) in [6.45, 7) is 16.8. The number of carbonyl (C=O) groups excluding carboxylic acids is 3. The lowest BCUT2D eigenvalue weighted by molar-refractivity contribution is -0.155. The number of hydrogen-bond acceptors (Lipinski definition) is 6. The number of rotatable bonds is 11. The molecule has 0 aromatic rings. The molecule has 0 aromatic carbocycles. The van der Waals surface area contributed by atoms with Gasteiger partial charge in [0.25, 0.3) is 0 Å². The first-order chi connectivity index (χ1) is 13.5. The zero-order valence-electron chi connectivity index (χ0n) is 19.1. The van der Waals surface area contributed by atoms with E-state index in [4.69, 9.17) is 14.6 Å². The van der Waals surface area contributed by atoms with Crippen LogP contribution < -0.4 is 0 Å². The molecule has 0 rings (SSSR count). The van der Waals surface area contributed by atoms with Crippen molar-refractivity contribution in [2.24, 2.45) is 0 Å². The molecule has 0 radical (unpaired) electrons. The minimum Gasteiger partial charge on any atom is -0.481 e. The number of hydrogen-bond donors (Lipinski definition) is 1. The molecule has 0 aliphatic heterocycles. The average Bonchev–Trinajstić information content (AvgIpc) is 2.66. The van der Waals surface area contributed by atoms with Gasteiger partial charge in [0.2, 0.25) is 5.91 Å². The Kier molecular flexibility index (Phi) is 20.5. The van der Waals surface area contributed by atoms with E-state index < -0.39 is 29.4 Å². The van der Waals surface area contributed by atoms with Crippen LogP contribution in [0.1, 0.15) is 74.1 Å². The molecule has 0 bridgehead atoms. The Morgan fingerprint density at radius 1 is 0.897 bits per heavy atom. The van der Waals surface area contributed by atoms with Gasteiger partial charge in [-0.15, -0.1) is 0 Å². The second kappa shape index (κ2) is 19.0. The van der Waals surface area contributed by atoms with Crippen LogP contribution in [-0.4, -0.2) is 59.1 Å². The molecule has 170 valence electrons. The van der Waals surface area contributed by atoms with Crippen molar-refractivity contribution in [1.29, 1.82) is 0 Å². The van der Waals surface area contributed by atoms with Crippen molar-refractivity contribution in [3.05, 3.63) is 12.7 Å². The molecule has 0 aliphatic rings. The van der Waals surface area contributed by atoms with Crippen molar-refractivity contribution < 1.29 is 33.8 Å². The van der Waals surface area contributed by atoms with Crippen molar-refractivity contribution in [2.75, 3.05) is 19.7 Å². The van der Waals surface area contributed by atoms with Crippen LogP contribution in [0.5, 0.6) is 0 Å². The van der Waals surface area contributed by atoms with Gasteiger partial charge in [0.05, 0.1) is 19.3 Å². The minimum absolute atomic E-state index is 0.0389. The van der Waals surface area contributed by atoms with Gasteiger partial charge in [-0.2, -0.15) is 0 Å². The number of aliphatic carboxylic acids is 1. The summed E-state index contributed by atoms with van der Waals surface area (Å²) in [6, 6.07) is 0. The van der Waals surface area contributed by atoms with E-state index in [1.165, 1.54) is 11.0 Å². The van der Waals surface area contributed by atoms with Crippen molar-refractivity contribution in [3.8, 4) is 0 Å². The maximum atomic E-state index is 12.1. The maximum absolute atomic E-state index is 12.1. The zero-order valence-corrected chi connectivity index (χ0v) is 19.1. The van der Waals surface area contributed by atoms with Crippen molar-refractivity contribution >= 4 is 23.8 Å². The molecule has 0 saturated heterocycles. The predicted octanol–water partition coefficient (Wildman–Crippen LogP) is 3.58. The van der Waals surface area contributed by atoms with Crippen LogP contribution in [0.25, 0.3) is 0 Å². The van der Waals surface area contributed by atoms with Gasteiger partial charge in [-0.25, -0.2) is 0 Å². The summed E-state index contributed by atoms with van der Waals surface area (Å²) in [5.41, 5.74) is -0.635. The van der Waals surface area contributed by atoms with Crippen LogP contribution in [-0.2, 0) is 28.7 Å². The van der Waals surface area contributed by atoms with E-state index in [1.807, 2.05) is 27.7 Å². The number of amides is 1. The van der Waals surface area contributed by atoms with Gasteiger partial charge in [0, 0.05) is 19.5 Å². The van der Waals surface area contributed by atoms with E-state index in [-0.39, 0.29) is 45.4 Å². The van der Waals surface area contributed by atoms with Crippen molar-refractivity contribution in [2.45, 2.75) is 79.8 Å².